The predicted octanol–water partition coefficient (Wildman–Crippen LogP) is 9.39. The molecule has 0 aliphatic carbocycles. The number of unbranched alkanes of at least 4 members (excludes halogenated alkanes) is 24. The normalized spacial score (nSPS) is 14.2. The molecule has 10 heteroatoms. The molecule has 298 valence electrons. The van der Waals surface area contributed by atoms with Gasteiger partial charge in [0.2, 0.25) is 5.60 Å². The number of hydrogen-bond acceptors (Lipinski definition) is 8. The van der Waals surface area contributed by atoms with Crippen molar-refractivity contribution in [2.75, 3.05) is 40.9 Å². The van der Waals surface area contributed by atoms with E-state index in [9.17, 15) is 29.3 Å². The number of Topliss-reactive ketones (excluding diaryl/α,β-unsaturated/α-hetero) is 2. The van der Waals surface area contributed by atoms with E-state index in [0.717, 1.165) is 51.4 Å². The molecule has 0 saturated carbocycles. The lowest BCUT2D eigenvalue weighted by atomic mass is 9.82. The summed E-state index contributed by atoms with van der Waals surface area (Å²) in [6.45, 7) is 3.60. The molecule has 0 spiro atoms. The second-order valence-corrected chi connectivity index (χ2v) is 17.0. The number of hydrogen-bond donors (Lipinski definition) is 2. The largest absolute Gasteiger partial charge is 0.756 e. The average molecular weight is 734 g/mol. The van der Waals surface area contributed by atoms with E-state index in [1.165, 1.54) is 103 Å². The number of quaternary nitrogens is 1. The zero-order valence-electron chi connectivity index (χ0n) is 33.2. The molecule has 0 saturated heterocycles. The molecule has 0 amide bonds. The Morgan fingerprint density at radius 1 is 0.620 bits per heavy atom. The van der Waals surface area contributed by atoms with Crippen molar-refractivity contribution >= 4 is 19.4 Å². The van der Waals surface area contributed by atoms with Crippen LogP contribution in [0.2, 0.25) is 0 Å². The van der Waals surface area contributed by atoms with Crippen molar-refractivity contribution in [3.8, 4) is 0 Å². The molecular weight excluding hydrogens is 653 g/mol. The molecule has 0 aliphatic heterocycles. The molecule has 0 fully saturated rings. The molecule has 0 rings (SSSR count). The first-order chi connectivity index (χ1) is 23.9. The van der Waals surface area contributed by atoms with Crippen molar-refractivity contribution in [2.24, 2.45) is 0 Å². The van der Waals surface area contributed by atoms with Gasteiger partial charge in [-0.15, -0.1) is 0 Å². The number of carbonyl (C=O) groups is 2. The Hall–Kier alpha value is -0.670. The van der Waals surface area contributed by atoms with Crippen LogP contribution in [0.4, 0.5) is 0 Å². The predicted molar refractivity (Wildman–Crippen MR) is 204 cm³/mol. The highest BCUT2D eigenvalue weighted by atomic mass is 31.2. The highest BCUT2D eigenvalue weighted by Gasteiger charge is 2.53. The summed E-state index contributed by atoms with van der Waals surface area (Å²) < 4.78 is 23.8. The zero-order valence-corrected chi connectivity index (χ0v) is 34.1. The third-order valence-electron chi connectivity index (χ3n) is 9.75. The highest BCUT2D eigenvalue weighted by molar-refractivity contribution is 7.46. The number of phosphoric acid groups is 1. The first-order valence-corrected chi connectivity index (χ1v) is 22.1. The molecule has 2 atom stereocenters. The lowest BCUT2D eigenvalue weighted by Gasteiger charge is -2.39. The van der Waals surface area contributed by atoms with Crippen LogP contribution < -0.4 is 4.89 Å². The lowest BCUT2D eigenvalue weighted by molar-refractivity contribution is -0.870. The van der Waals surface area contributed by atoms with Crippen molar-refractivity contribution in [1.82, 2.24) is 0 Å². The van der Waals surface area contributed by atoms with Crippen molar-refractivity contribution in [3.63, 3.8) is 0 Å². The summed E-state index contributed by atoms with van der Waals surface area (Å²) in [5.41, 5.74) is -2.71. The highest BCUT2D eigenvalue weighted by Crippen LogP contribution is 2.46. The Bertz CT molecular complexity index is 836. The number of nitrogens with zero attached hydrogens (tertiary/aromatic N) is 1. The smallest absolute Gasteiger partial charge is 0.269 e. The van der Waals surface area contributed by atoms with E-state index in [0.29, 0.717) is 23.9 Å². The Morgan fingerprint density at radius 2 is 0.920 bits per heavy atom. The van der Waals surface area contributed by atoms with Crippen LogP contribution in [0.15, 0.2) is 0 Å². The van der Waals surface area contributed by atoms with Crippen LogP contribution in [0.25, 0.3) is 0 Å². The fraction of sp³-hybridized carbons (Fsp3) is 0.950. The Labute approximate surface area is 307 Å². The van der Waals surface area contributed by atoms with Crippen molar-refractivity contribution in [2.45, 2.75) is 205 Å². The molecule has 0 aromatic rings. The second kappa shape index (κ2) is 30.8. The average Bonchev–Trinajstić information content (AvgIpc) is 3.06. The van der Waals surface area contributed by atoms with Gasteiger partial charge >= 0.3 is 0 Å². The Morgan fingerprint density at radius 3 is 1.20 bits per heavy atom. The van der Waals surface area contributed by atoms with Crippen LogP contribution in [0.5, 0.6) is 0 Å². The summed E-state index contributed by atoms with van der Waals surface area (Å²) in [7, 11) is 0.428. The van der Waals surface area contributed by atoms with Crippen LogP contribution in [-0.2, 0) is 23.2 Å². The first-order valence-electron chi connectivity index (χ1n) is 20.7. The van der Waals surface area contributed by atoms with Crippen molar-refractivity contribution < 1.29 is 42.8 Å². The van der Waals surface area contributed by atoms with Gasteiger partial charge in [0.05, 0.1) is 27.7 Å². The third kappa shape index (κ3) is 25.3. The quantitative estimate of drug-likeness (QED) is 0.0278. The van der Waals surface area contributed by atoms with Crippen molar-refractivity contribution in [3.05, 3.63) is 0 Å². The maximum atomic E-state index is 13.7. The number of aliphatic hydroxyl groups is 2. The van der Waals surface area contributed by atoms with E-state index in [1.807, 2.05) is 21.1 Å². The molecule has 0 radical (unpaired) electrons. The monoisotopic (exact) mass is 734 g/mol. The van der Waals surface area contributed by atoms with Crippen LogP contribution in [-0.4, -0.2) is 78.9 Å². The van der Waals surface area contributed by atoms with Crippen LogP contribution in [0.1, 0.15) is 194 Å². The number of phosphoric ester groups is 1. The summed E-state index contributed by atoms with van der Waals surface area (Å²) in [5, 5.41) is 20.8. The topological polar surface area (TPSA) is 133 Å². The van der Waals surface area contributed by atoms with Gasteiger partial charge in [-0.05, 0) is 12.8 Å². The maximum absolute atomic E-state index is 13.7. The summed E-state index contributed by atoms with van der Waals surface area (Å²) in [6.07, 6.45) is 26.9. The van der Waals surface area contributed by atoms with E-state index in [4.69, 9.17) is 9.05 Å². The minimum absolute atomic E-state index is 0.127. The Kier molecular flexibility index (Phi) is 30.3. The second-order valence-electron chi connectivity index (χ2n) is 15.7. The van der Waals surface area contributed by atoms with Gasteiger partial charge in [-0.2, -0.15) is 0 Å². The summed E-state index contributed by atoms with van der Waals surface area (Å²) in [4.78, 5) is 40.5. The molecule has 2 N–H and O–H groups in total. The number of likely N-dealkylation sites (N-methyl/N-ethyl adjacent to an activating group) is 1. The van der Waals surface area contributed by atoms with Crippen LogP contribution in [0.3, 0.4) is 0 Å². The molecule has 9 nitrogen and oxygen atoms in total. The van der Waals surface area contributed by atoms with E-state index in [-0.39, 0.29) is 19.4 Å². The van der Waals surface area contributed by atoms with Crippen LogP contribution in [0, 0.1) is 0 Å². The number of carbonyl (C=O) groups excluding carboxylic acids is 2. The lowest BCUT2D eigenvalue weighted by Crippen LogP contribution is -2.59. The van der Waals surface area contributed by atoms with Gasteiger partial charge < -0.3 is 24.1 Å². The molecule has 0 aromatic carbocycles. The molecule has 0 heterocycles. The Balaban J connectivity index is 5.06. The minimum Gasteiger partial charge on any atom is -0.756 e. The van der Waals surface area contributed by atoms with E-state index in [2.05, 4.69) is 13.8 Å². The van der Waals surface area contributed by atoms with Gasteiger partial charge in [0.1, 0.15) is 19.3 Å². The van der Waals surface area contributed by atoms with Gasteiger partial charge in [0.25, 0.3) is 7.82 Å². The number of rotatable bonds is 38. The molecule has 0 aromatic heterocycles. The molecule has 1 unspecified atom stereocenters. The summed E-state index contributed by atoms with van der Waals surface area (Å²) in [6, 6.07) is 0. The molecule has 0 aliphatic rings. The summed E-state index contributed by atoms with van der Waals surface area (Å²) in [5.74, 6) is -1.62. The fourth-order valence-electron chi connectivity index (χ4n) is 6.43. The van der Waals surface area contributed by atoms with Gasteiger partial charge in [0, 0.05) is 12.8 Å². The summed E-state index contributed by atoms with van der Waals surface area (Å²) >= 11 is 0. The third-order valence-corrected chi connectivity index (χ3v) is 10.8. The van der Waals surface area contributed by atoms with Gasteiger partial charge in [0.15, 0.2) is 11.6 Å². The zero-order chi connectivity index (χ0) is 37.6. The van der Waals surface area contributed by atoms with E-state index in [1.54, 1.807) is 0 Å². The number of aliphatic hydroxyl groups excluding tert-OH is 2. The first kappa shape index (κ1) is 49.3. The minimum atomic E-state index is -5.19. The number of ketones is 2. The molecule has 50 heavy (non-hydrogen) atoms. The van der Waals surface area contributed by atoms with Gasteiger partial charge in [-0.1, -0.05) is 168 Å². The van der Waals surface area contributed by atoms with Crippen LogP contribution >= 0.6 is 7.82 Å². The van der Waals surface area contributed by atoms with Gasteiger partial charge in [-0.3, -0.25) is 18.7 Å². The van der Waals surface area contributed by atoms with Gasteiger partial charge in [-0.25, -0.2) is 0 Å². The molecular formula is C40H80NO8P. The maximum Gasteiger partial charge on any atom is 0.269 e. The van der Waals surface area contributed by atoms with E-state index >= 15 is 0 Å². The fourth-order valence-corrected chi connectivity index (χ4v) is 7.46. The SMILES string of the molecule is CCCCCCCCCCCCCCCC(=O)C(OP(=O)([O-])OCC[N+](C)(C)C)(C(=O)CCCCCCCCCCCCCCC)[C@@H](O)CO. The van der Waals surface area contributed by atoms with E-state index < -0.39 is 37.7 Å². The van der Waals surface area contributed by atoms with Crippen molar-refractivity contribution in [1.29, 1.82) is 0 Å². The standard InChI is InChI=1S/C40H80NO8P/c1-6-8-10-12-14-16-18-20-22-24-26-28-30-32-37(43)40(39(45)36-42,49-50(46,47)48-35-34-41(3,4)5)38(44)33-31-29-27-25-23-21-19-17-15-13-11-9-7-2/h39,42,45H,6-36H2,1-5H3/t39-/m0/s1. The molecule has 0 bridgehead atoms.